The Hall–Kier alpha value is -1.24. The van der Waals surface area contributed by atoms with E-state index in [1.807, 2.05) is 0 Å². The van der Waals surface area contributed by atoms with Crippen LogP contribution in [0.4, 0.5) is 4.79 Å². The highest BCUT2D eigenvalue weighted by molar-refractivity contribution is 8.14. The van der Waals surface area contributed by atoms with Gasteiger partial charge in [-0.3, -0.25) is 4.99 Å². The third-order valence-electron chi connectivity index (χ3n) is 2.14. The predicted octanol–water partition coefficient (Wildman–Crippen LogP) is -0.652. The van der Waals surface area contributed by atoms with E-state index in [4.69, 9.17) is 10.8 Å². The molecule has 1 saturated heterocycles. The minimum Gasteiger partial charge on any atom is -0.480 e. The second-order valence-corrected chi connectivity index (χ2v) is 4.18. The number of thioether (sulfide) groups is 1. The van der Waals surface area contributed by atoms with Crippen LogP contribution in [0.3, 0.4) is 0 Å². The van der Waals surface area contributed by atoms with Gasteiger partial charge in [0.15, 0.2) is 6.04 Å². The Morgan fingerprint density at radius 1 is 1.64 bits per heavy atom. The monoisotopic (exact) mass is 215 g/mol. The lowest BCUT2D eigenvalue weighted by Crippen LogP contribution is -2.23. The molecule has 6 nitrogen and oxygen atoms in total. The third kappa shape index (κ3) is 1.54. The first-order valence-corrected chi connectivity index (χ1v) is 5.07. The van der Waals surface area contributed by atoms with Gasteiger partial charge in [-0.25, -0.2) is 9.59 Å². The number of carboxylic acid groups (broad SMARTS) is 1. The summed E-state index contributed by atoms with van der Waals surface area (Å²) in [6.07, 6.45) is 0. The van der Waals surface area contributed by atoms with Crippen molar-refractivity contribution in [3.63, 3.8) is 0 Å². The van der Waals surface area contributed by atoms with Gasteiger partial charge in [0, 0.05) is 12.3 Å². The summed E-state index contributed by atoms with van der Waals surface area (Å²) in [5, 5.41) is 9.40. The van der Waals surface area contributed by atoms with Gasteiger partial charge in [-0.2, -0.15) is 0 Å². The van der Waals surface area contributed by atoms with Crippen LogP contribution in [0.15, 0.2) is 4.99 Å². The first kappa shape index (κ1) is 9.32. The van der Waals surface area contributed by atoms with Crippen molar-refractivity contribution in [1.82, 2.24) is 4.90 Å². The molecular weight excluding hydrogens is 206 g/mol. The molecule has 2 atom stereocenters. The molecule has 0 bridgehead atoms. The van der Waals surface area contributed by atoms with Crippen molar-refractivity contribution in [2.45, 2.75) is 12.1 Å². The summed E-state index contributed by atoms with van der Waals surface area (Å²) in [5.41, 5.74) is 5.06. The lowest BCUT2D eigenvalue weighted by Gasteiger charge is -1.97. The van der Waals surface area contributed by atoms with E-state index >= 15 is 0 Å². The first-order valence-electron chi connectivity index (χ1n) is 4.09. The van der Waals surface area contributed by atoms with E-state index in [1.165, 1.54) is 16.7 Å². The highest BCUT2D eigenvalue weighted by Gasteiger charge is 2.44. The molecule has 2 rings (SSSR count). The number of carbonyl (C=O) groups is 2. The fourth-order valence-electron chi connectivity index (χ4n) is 1.30. The van der Waals surface area contributed by atoms with Gasteiger partial charge in [0.1, 0.15) is 0 Å². The topological polar surface area (TPSA) is 95.8 Å². The zero-order valence-electron chi connectivity index (χ0n) is 7.21. The molecule has 0 saturated carbocycles. The Kier molecular flexibility index (Phi) is 2.10. The Balaban J connectivity index is 1.99. The van der Waals surface area contributed by atoms with E-state index in [9.17, 15) is 9.59 Å². The van der Waals surface area contributed by atoms with Gasteiger partial charge in [0.25, 0.3) is 0 Å². The maximum Gasteiger partial charge on any atom is 0.329 e. The maximum atomic E-state index is 10.7. The Labute approximate surface area is 84.2 Å². The predicted molar refractivity (Wildman–Crippen MR) is 51.4 cm³/mol. The molecule has 1 fully saturated rings. The summed E-state index contributed by atoms with van der Waals surface area (Å²) >= 11 is 1.39. The van der Waals surface area contributed by atoms with Gasteiger partial charge in [-0.15, -0.1) is 11.8 Å². The summed E-state index contributed by atoms with van der Waals surface area (Å²) in [4.78, 5) is 26.8. The molecule has 0 aromatic carbocycles. The van der Waals surface area contributed by atoms with Crippen molar-refractivity contribution in [3.8, 4) is 0 Å². The van der Waals surface area contributed by atoms with Gasteiger partial charge >= 0.3 is 12.0 Å². The number of rotatable bonds is 2. The van der Waals surface area contributed by atoms with Gasteiger partial charge in [0.2, 0.25) is 0 Å². The fraction of sp³-hybridized carbons (Fsp3) is 0.571. The average Bonchev–Trinajstić information content (AvgIpc) is 2.76. The summed E-state index contributed by atoms with van der Waals surface area (Å²) < 4.78 is 0. The number of carboxylic acids is 1. The molecule has 2 heterocycles. The van der Waals surface area contributed by atoms with E-state index in [1.54, 1.807) is 0 Å². The van der Waals surface area contributed by atoms with E-state index in [0.717, 1.165) is 5.04 Å². The molecule has 2 amide bonds. The molecule has 0 aliphatic carbocycles. The number of nitrogens with two attached hydrogens (primary N) is 1. The quantitative estimate of drug-likeness (QED) is 0.598. The van der Waals surface area contributed by atoms with Gasteiger partial charge in [-0.1, -0.05) is 0 Å². The summed E-state index contributed by atoms with van der Waals surface area (Å²) in [6, 6.07) is -1.20. The SMILES string of the molecule is NC(=O)N1CC1C1=N[C@H](C(=O)O)CS1. The van der Waals surface area contributed by atoms with Crippen LogP contribution in [0.2, 0.25) is 0 Å². The molecule has 1 unspecified atom stereocenters. The van der Waals surface area contributed by atoms with Crippen molar-refractivity contribution >= 4 is 28.8 Å². The lowest BCUT2D eigenvalue weighted by molar-refractivity contribution is -0.137. The largest absolute Gasteiger partial charge is 0.480 e. The number of aliphatic imine (C=N–C) groups is 1. The molecule has 3 N–H and O–H groups in total. The van der Waals surface area contributed by atoms with Crippen LogP contribution in [-0.2, 0) is 4.79 Å². The van der Waals surface area contributed by atoms with Crippen LogP contribution < -0.4 is 5.73 Å². The number of hydrogen-bond donors (Lipinski definition) is 2. The summed E-state index contributed by atoms with van der Waals surface area (Å²) in [6.45, 7) is 0.563. The maximum absolute atomic E-state index is 10.7. The molecule has 2 aliphatic heterocycles. The molecule has 0 radical (unpaired) electrons. The van der Waals surface area contributed by atoms with E-state index in [0.29, 0.717) is 12.3 Å². The first-order chi connectivity index (χ1) is 6.59. The molecular formula is C7H9N3O3S. The second-order valence-electron chi connectivity index (χ2n) is 3.14. The van der Waals surface area contributed by atoms with Crippen molar-refractivity contribution < 1.29 is 14.7 Å². The number of amides is 2. The minimum atomic E-state index is -0.918. The Bertz CT molecular complexity index is 330. The Morgan fingerprint density at radius 3 is 2.79 bits per heavy atom. The standard InChI is InChI=1S/C7H9N3O3S/c8-7(13)10-1-4(10)5-9-3(2-14-5)6(11)12/h3-4H,1-2H2,(H2,8,13)(H,11,12)/t3-,4?,10?/m0/s1. The van der Waals surface area contributed by atoms with Gasteiger partial charge < -0.3 is 15.7 Å². The summed E-state index contributed by atoms with van der Waals surface area (Å²) in [5.74, 6) is -0.466. The molecule has 0 spiro atoms. The van der Waals surface area contributed by atoms with Crippen LogP contribution in [0.1, 0.15) is 0 Å². The normalized spacial score (nSPS) is 30.0. The number of primary amides is 1. The zero-order valence-corrected chi connectivity index (χ0v) is 8.03. The number of urea groups is 1. The Morgan fingerprint density at radius 2 is 2.36 bits per heavy atom. The lowest BCUT2D eigenvalue weighted by atomic mass is 10.3. The molecule has 2 aliphatic rings. The number of carbonyl (C=O) groups excluding carboxylic acids is 1. The van der Waals surface area contributed by atoms with E-state index in [2.05, 4.69) is 4.99 Å². The van der Waals surface area contributed by atoms with Crippen LogP contribution >= 0.6 is 11.8 Å². The second kappa shape index (κ2) is 3.16. The van der Waals surface area contributed by atoms with Gasteiger partial charge in [-0.05, 0) is 0 Å². The average molecular weight is 215 g/mol. The van der Waals surface area contributed by atoms with E-state index in [-0.39, 0.29) is 6.04 Å². The molecule has 7 heteroatoms. The highest BCUT2D eigenvalue weighted by atomic mass is 32.2. The van der Waals surface area contributed by atoms with Crippen molar-refractivity contribution in [2.24, 2.45) is 10.7 Å². The smallest absolute Gasteiger partial charge is 0.329 e. The number of hydrogen-bond acceptors (Lipinski definition) is 4. The van der Waals surface area contributed by atoms with Crippen LogP contribution in [-0.4, -0.2) is 51.4 Å². The fourth-order valence-corrected chi connectivity index (χ4v) is 2.44. The van der Waals surface area contributed by atoms with Crippen LogP contribution in [0.25, 0.3) is 0 Å². The van der Waals surface area contributed by atoms with Crippen molar-refractivity contribution in [1.29, 1.82) is 0 Å². The zero-order chi connectivity index (χ0) is 10.3. The minimum absolute atomic E-state index is 0.0677. The third-order valence-corrected chi connectivity index (χ3v) is 3.29. The molecule has 76 valence electrons. The number of nitrogens with zero attached hydrogens (tertiary/aromatic N) is 2. The van der Waals surface area contributed by atoms with Crippen LogP contribution in [0.5, 0.6) is 0 Å². The van der Waals surface area contributed by atoms with Crippen molar-refractivity contribution in [3.05, 3.63) is 0 Å². The molecule has 0 aromatic rings. The van der Waals surface area contributed by atoms with Crippen molar-refractivity contribution in [2.75, 3.05) is 12.3 Å². The summed E-state index contributed by atoms with van der Waals surface area (Å²) in [7, 11) is 0. The van der Waals surface area contributed by atoms with E-state index < -0.39 is 18.0 Å². The molecule has 14 heavy (non-hydrogen) atoms. The number of aliphatic carboxylic acids is 1. The molecule has 0 aromatic heterocycles. The highest BCUT2D eigenvalue weighted by Crippen LogP contribution is 2.29. The van der Waals surface area contributed by atoms with Gasteiger partial charge in [0.05, 0.1) is 11.1 Å². The van der Waals surface area contributed by atoms with Crippen LogP contribution in [0, 0.1) is 0 Å².